The molecule has 0 amide bonds. The molecule has 0 radical (unpaired) electrons. The third-order valence-corrected chi connectivity index (χ3v) is 2.83. The minimum atomic E-state index is 0.780. The molecule has 1 aliphatic rings. The lowest BCUT2D eigenvalue weighted by Crippen LogP contribution is -2.54. The van der Waals surface area contributed by atoms with Gasteiger partial charge >= 0.3 is 0 Å². The van der Waals surface area contributed by atoms with E-state index in [0.717, 1.165) is 42.4 Å². The van der Waals surface area contributed by atoms with Gasteiger partial charge in [-0.1, -0.05) is 0 Å². The smallest absolute Gasteiger partial charge is 0.297 e. The second-order valence-electron chi connectivity index (χ2n) is 4.64. The summed E-state index contributed by atoms with van der Waals surface area (Å²) < 4.78 is 6.47. The highest BCUT2D eigenvalue weighted by atomic mass is 16.4. The number of oxazole rings is 1. The Kier molecular flexibility index (Phi) is 2.23. The van der Waals surface area contributed by atoms with Crippen molar-refractivity contribution >= 4 is 6.01 Å². The molecule has 0 N–H and O–H groups in total. The number of piperazine rings is 1. The van der Waals surface area contributed by atoms with Crippen molar-refractivity contribution < 1.29 is 8.90 Å². The van der Waals surface area contributed by atoms with Gasteiger partial charge in [-0.3, -0.25) is 0 Å². The first-order chi connectivity index (χ1) is 6.57. The van der Waals surface area contributed by atoms with Crippen LogP contribution in [0.15, 0.2) is 10.7 Å². The van der Waals surface area contributed by atoms with Gasteiger partial charge in [0, 0.05) is 0 Å². The first-order valence-electron chi connectivity index (χ1n) is 5.06. The van der Waals surface area contributed by atoms with Crippen molar-refractivity contribution in [1.82, 2.24) is 4.98 Å². The molecular formula is C10H18N3O+. The average molecular weight is 196 g/mol. The van der Waals surface area contributed by atoms with Gasteiger partial charge in [-0.15, -0.1) is 0 Å². The fourth-order valence-electron chi connectivity index (χ4n) is 1.68. The molecule has 0 aromatic carbocycles. The van der Waals surface area contributed by atoms with Crippen LogP contribution in [0.25, 0.3) is 0 Å². The predicted molar refractivity (Wildman–Crippen MR) is 55.3 cm³/mol. The fourth-order valence-corrected chi connectivity index (χ4v) is 1.68. The molecule has 0 aliphatic carbocycles. The van der Waals surface area contributed by atoms with Crippen molar-refractivity contribution in [2.24, 2.45) is 0 Å². The largest absolute Gasteiger partial charge is 0.432 e. The molecule has 0 atom stereocenters. The molecular weight excluding hydrogens is 178 g/mol. The summed E-state index contributed by atoms with van der Waals surface area (Å²) in [4.78, 5) is 6.55. The number of quaternary nitrogens is 1. The number of aromatic nitrogens is 1. The molecule has 4 heteroatoms. The van der Waals surface area contributed by atoms with E-state index in [-0.39, 0.29) is 0 Å². The van der Waals surface area contributed by atoms with Crippen LogP contribution in [0.3, 0.4) is 0 Å². The third-order valence-electron chi connectivity index (χ3n) is 2.83. The van der Waals surface area contributed by atoms with E-state index >= 15 is 0 Å². The summed E-state index contributed by atoms with van der Waals surface area (Å²) in [6, 6.07) is 0.780. The lowest BCUT2D eigenvalue weighted by molar-refractivity contribution is -0.890. The van der Waals surface area contributed by atoms with Crippen molar-refractivity contribution in [3.8, 4) is 0 Å². The maximum Gasteiger partial charge on any atom is 0.297 e. The standard InChI is InChI=1S/C10H18N3O/c1-9-8-14-10(11-9)12-4-6-13(2,3)7-5-12/h8H,4-7H2,1-3H3/q+1. The van der Waals surface area contributed by atoms with E-state index in [1.165, 1.54) is 0 Å². The molecule has 1 fully saturated rings. The van der Waals surface area contributed by atoms with E-state index in [0.29, 0.717) is 0 Å². The summed E-state index contributed by atoms with van der Waals surface area (Å²) in [5, 5.41) is 0. The van der Waals surface area contributed by atoms with Crippen LogP contribution < -0.4 is 4.90 Å². The Labute approximate surface area is 84.7 Å². The normalized spacial score (nSPS) is 21.2. The van der Waals surface area contributed by atoms with Crippen molar-refractivity contribution in [3.05, 3.63) is 12.0 Å². The fraction of sp³-hybridized carbons (Fsp3) is 0.700. The van der Waals surface area contributed by atoms with Crippen molar-refractivity contribution in [2.45, 2.75) is 6.92 Å². The minimum Gasteiger partial charge on any atom is -0.432 e. The molecule has 78 valence electrons. The molecule has 0 saturated carbocycles. The summed E-state index contributed by atoms with van der Waals surface area (Å²) in [7, 11) is 4.52. The highest BCUT2D eigenvalue weighted by molar-refractivity contribution is 5.26. The number of anilines is 1. The van der Waals surface area contributed by atoms with Crippen molar-refractivity contribution in [1.29, 1.82) is 0 Å². The third kappa shape index (κ3) is 1.90. The van der Waals surface area contributed by atoms with E-state index < -0.39 is 0 Å². The molecule has 14 heavy (non-hydrogen) atoms. The quantitative estimate of drug-likeness (QED) is 0.624. The maximum atomic E-state index is 5.38. The Balaban J connectivity index is 2.02. The second-order valence-corrected chi connectivity index (χ2v) is 4.64. The zero-order chi connectivity index (χ0) is 10.2. The highest BCUT2D eigenvalue weighted by Crippen LogP contribution is 2.16. The van der Waals surface area contributed by atoms with Crippen LogP contribution in [0.4, 0.5) is 6.01 Å². The van der Waals surface area contributed by atoms with Gasteiger partial charge in [0.15, 0.2) is 0 Å². The molecule has 2 heterocycles. The van der Waals surface area contributed by atoms with E-state index in [9.17, 15) is 0 Å². The van der Waals surface area contributed by atoms with Gasteiger partial charge in [-0.25, -0.2) is 0 Å². The molecule has 1 aromatic rings. The summed E-state index contributed by atoms with van der Waals surface area (Å²) in [6.07, 6.45) is 1.71. The van der Waals surface area contributed by atoms with Crippen molar-refractivity contribution in [2.75, 3.05) is 45.2 Å². The van der Waals surface area contributed by atoms with Gasteiger partial charge in [0.1, 0.15) is 6.26 Å². The summed E-state index contributed by atoms with van der Waals surface area (Å²) in [5.41, 5.74) is 0.958. The Hall–Kier alpha value is -1.03. The van der Waals surface area contributed by atoms with E-state index in [2.05, 4.69) is 24.0 Å². The number of hydrogen-bond acceptors (Lipinski definition) is 3. The Morgan fingerprint density at radius 3 is 2.50 bits per heavy atom. The molecule has 0 bridgehead atoms. The predicted octanol–water partition coefficient (Wildman–Crippen LogP) is 0.879. The molecule has 0 unspecified atom stereocenters. The van der Waals surface area contributed by atoms with Crippen LogP contribution in [0, 0.1) is 6.92 Å². The average Bonchev–Trinajstić information content (AvgIpc) is 2.52. The SMILES string of the molecule is Cc1coc(N2CC[N+](C)(C)CC2)n1. The van der Waals surface area contributed by atoms with E-state index in [4.69, 9.17) is 4.42 Å². The Morgan fingerprint density at radius 1 is 1.36 bits per heavy atom. The monoisotopic (exact) mass is 196 g/mol. The van der Waals surface area contributed by atoms with Crippen LogP contribution in [-0.4, -0.2) is 49.7 Å². The zero-order valence-corrected chi connectivity index (χ0v) is 9.16. The van der Waals surface area contributed by atoms with Gasteiger partial charge in [0.25, 0.3) is 6.01 Å². The van der Waals surface area contributed by atoms with Gasteiger partial charge < -0.3 is 13.8 Å². The van der Waals surface area contributed by atoms with Gasteiger partial charge in [0.05, 0.1) is 46.0 Å². The molecule has 1 aromatic heterocycles. The number of aryl methyl sites for hydroxylation is 1. The van der Waals surface area contributed by atoms with E-state index in [1.807, 2.05) is 6.92 Å². The molecule has 1 aliphatic heterocycles. The van der Waals surface area contributed by atoms with E-state index in [1.54, 1.807) is 6.26 Å². The minimum absolute atomic E-state index is 0.780. The zero-order valence-electron chi connectivity index (χ0n) is 9.16. The van der Waals surface area contributed by atoms with Gasteiger partial charge in [-0.2, -0.15) is 4.98 Å². The van der Waals surface area contributed by atoms with Crippen LogP contribution in [0.1, 0.15) is 5.69 Å². The van der Waals surface area contributed by atoms with Gasteiger partial charge in [-0.05, 0) is 6.92 Å². The molecule has 4 nitrogen and oxygen atoms in total. The maximum absolute atomic E-state index is 5.38. The van der Waals surface area contributed by atoms with Crippen LogP contribution in [0.5, 0.6) is 0 Å². The lowest BCUT2D eigenvalue weighted by Gasteiger charge is -2.38. The Bertz CT molecular complexity index is 309. The summed E-state index contributed by atoms with van der Waals surface area (Å²) in [5.74, 6) is 0. The second kappa shape index (κ2) is 3.28. The molecule has 2 rings (SSSR count). The van der Waals surface area contributed by atoms with Crippen LogP contribution in [0.2, 0.25) is 0 Å². The van der Waals surface area contributed by atoms with Crippen molar-refractivity contribution in [3.63, 3.8) is 0 Å². The van der Waals surface area contributed by atoms with Crippen LogP contribution >= 0.6 is 0 Å². The number of nitrogens with zero attached hydrogens (tertiary/aromatic N) is 3. The highest BCUT2D eigenvalue weighted by Gasteiger charge is 2.26. The number of rotatable bonds is 1. The summed E-state index contributed by atoms with van der Waals surface area (Å²) in [6.45, 7) is 6.33. The number of likely N-dealkylation sites (N-methyl/N-ethyl adjacent to an activating group) is 1. The molecule has 1 saturated heterocycles. The number of hydrogen-bond donors (Lipinski definition) is 0. The Morgan fingerprint density at radius 2 is 2.00 bits per heavy atom. The summed E-state index contributed by atoms with van der Waals surface area (Å²) >= 11 is 0. The van der Waals surface area contributed by atoms with Gasteiger partial charge in [0.2, 0.25) is 0 Å². The first-order valence-corrected chi connectivity index (χ1v) is 5.06. The molecule has 0 spiro atoms. The lowest BCUT2D eigenvalue weighted by atomic mass is 10.3. The van der Waals surface area contributed by atoms with Crippen LogP contribution in [-0.2, 0) is 0 Å². The topological polar surface area (TPSA) is 29.3 Å². The first kappa shape index (κ1) is 9.52.